The maximum atomic E-state index is 13.3. The van der Waals surface area contributed by atoms with E-state index in [-0.39, 0.29) is 22.2 Å². The van der Waals surface area contributed by atoms with E-state index in [9.17, 15) is 13.2 Å². The Hall–Kier alpha value is -4.18. The van der Waals surface area contributed by atoms with Crippen molar-refractivity contribution in [2.24, 2.45) is 0 Å². The molecule has 3 heterocycles. The Bertz CT molecular complexity index is 1670. The topological polar surface area (TPSA) is 105 Å². The zero-order valence-electron chi connectivity index (χ0n) is 23.0. The van der Waals surface area contributed by atoms with Crippen molar-refractivity contribution in [2.45, 2.75) is 36.5 Å². The van der Waals surface area contributed by atoms with Crippen LogP contribution in [0.1, 0.15) is 47.7 Å². The molecule has 0 bridgehead atoms. The van der Waals surface area contributed by atoms with Gasteiger partial charge in [-0.3, -0.25) is 14.5 Å². The number of nitrogens with one attached hydrogen (secondary N) is 1. The second kappa shape index (κ2) is 11.4. The maximum Gasteiger partial charge on any atom is 0.272 e. The molecule has 0 atom stereocenters. The molecule has 10 heteroatoms. The summed E-state index contributed by atoms with van der Waals surface area (Å²) in [5.41, 5.74) is 3.34. The van der Waals surface area contributed by atoms with E-state index in [2.05, 4.69) is 37.8 Å². The first-order valence-electron chi connectivity index (χ1n) is 14.0. The van der Waals surface area contributed by atoms with Crippen LogP contribution in [-0.2, 0) is 10.0 Å². The molecular weight excluding hydrogens is 538 g/mol. The molecule has 1 N–H and O–H groups in total. The molecule has 6 rings (SSSR count). The second-order valence-electron chi connectivity index (χ2n) is 10.6. The Kier molecular flexibility index (Phi) is 7.49. The fraction of sp³-hybridized carbons (Fsp3) is 0.323. The molecule has 1 aliphatic carbocycles. The highest BCUT2D eigenvalue weighted by molar-refractivity contribution is 7.93. The van der Waals surface area contributed by atoms with Crippen LogP contribution in [0.15, 0.2) is 78.0 Å². The lowest BCUT2D eigenvalue weighted by atomic mass is 9.80. The SMILES string of the molecule is COc1cc(C2CCC2)ccc1N1CCCN(C(=O)c2ccc(NS(=O)(=O)c3cccc4cccnc34)cn2)CC1. The Labute approximate surface area is 240 Å². The maximum absolute atomic E-state index is 13.3. The van der Waals surface area contributed by atoms with Crippen LogP contribution >= 0.6 is 0 Å². The summed E-state index contributed by atoms with van der Waals surface area (Å²) in [6, 6.07) is 18.3. The third-order valence-electron chi connectivity index (χ3n) is 8.02. The minimum atomic E-state index is -3.91. The Balaban J connectivity index is 1.12. The number of aromatic nitrogens is 2. The third kappa shape index (κ3) is 5.56. The third-order valence-corrected chi connectivity index (χ3v) is 9.44. The van der Waals surface area contributed by atoms with E-state index < -0.39 is 10.0 Å². The predicted molar refractivity (Wildman–Crippen MR) is 159 cm³/mol. The normalized spacial score (nSPS) is 16.2. The van der Waals surface area contributed by atoms with Gasteiger partial charge in [-0.1, -0.05) is 30.7 Å². The van der Waals surface area contributed by atoms with Crippen LogP contribution in [0.4, 0.5) is 11.4 Å². The number of rotatable bonds is 7. The highest BCUT2D eigenvalue weighted by Crippen LogP contribution is 2.40. The number of methoxy groups -OCH3 is 1. The van der Waals surface area contributed by atoms with Gasteiger partial charge >= 0.3 is 0 Å². The number of nitrogens with zero attached hydrogens (tertiary/aromatic N) is 4. The lowest BCUT2D eigenvalue weighted by Crippen LogP contribution is -2.35. The summed E-state index contributed by atoms with van der Waals surface area (Å²) in [6.45, 7) is 2.67. The molecule has 1 saturated heterocycles. The summed E-state index contributed by atoms with van der Waals surface area (Å²) in [5, 5.41) is 0.731. The van der Waals surface area contributed by atoms with Gasteiger partial charge in [0, 0.05) is 37.8 Å². The first-order chi connectivity index (χ1) is 19.9. The molecule has 0 radical (unpaired) electrons. The summed E-state index contributed by atoms with van der Waals surface area (Å²) in [4.78, 5) is 26.0. The van der Waals surface area contributed by atoms with Gasteiger partial charge in [0.1, 0.15) is 16.3 Å². The number of fused-ring (bicyclic) bond motifs is 1. The highest BCUT2D eigenvalue weighted by Gasteiger charge is 2.25. The minimum absolute atomic E-state index is 0.0826. The van der Waals surface area contributed by atoms with Gasteiger partial charge in [-0.15, -0.1) is 0 Å². The number of benzene rings is 2. The number of carbonyl (C=O) groups is 1. The Morgan fingerprint density at radius 2 is 1.80 bits per heavy atom. The van der Waals surface area contributed by atoms with E-state index in [0.717, 1.165) is 29.8 Å². The molecule has 0 unspecified atom stereocenters. The van der Waals surface area contributed by atoms with Gasteiger partial charge in [-0.05, 0) is 67.1 Å². The van der Waals surface area contributed by atoms with E-state index in [4.69, 9.17) is 4.74 Å². The van der Waals surface area contributed by atoms with Gasteiger partial charge < -0.3 is 14.5 Å². The van der Waals surface area contributed by atoms with Crippen molar-refractivity contribution >= 4 is 38.2 Å². The van der Waals surface area contributed by atoms with Gasteiger partial charge in [-0.25, -0.2) is 13.4 Å². The fourth-order valence-electron chi connectivity index (χ4n) is 5.56. The number of pyridine rings is 2. The molecule has 2 aliphatic rings. The first kappa shape index (κ1) is 27.0. The smallest absolute Gasteiger partial charge is 0.272 e. The quantitative estimate of drug-likeness (QED) is 0.331. The van der Waals surface area contributed by atoms with Crippen molar-refractivity contribution in [1.82, 2.24) is 14.9 Å². The molecule has 1 aliphatic heterocycles. The number of hydrogen-bond acceptors (Lipinski definition) is 7. The van der Waals surface area contributed by atoms with Crippen LogP contribution in [0, 0.1) is 0 Å². The number of anilines is 2. The monoisotopic (exact) mass is 571 g/mol. The molecule has 9 nitrogen and oxygen atoms in total. The largest absolute Gasteiger partial charge is 0.495 e. The predicted octanol–water partition coefficient (Wildman–Crippen LogP) is 5.06. The average molecular weight is 572 g/mol. The molecule has 2 fully saturated rings. The van der Waals surface area contributed by atoms with Crippen molar-refractivity contribution < 1.29 is 17.9 Å². The van der Waals surface area contributed by atoms with Crippen LogP contribution in [-0.4, -0.2) is 62.5 Å². The van der Waals surface area contributed by atoms with E-state index in [0.29, 0.717) is 31.1 Å². The van der Waals surface area contributed by atoms with Crippen LogP contribution < -0.4 is 14.4 Å². The molecule has 1 saturated carbocycles. The van der Waals surface area contributed by atoms with Crippen molar-refractivity contribution in [3.63, 3.8) is 0 Å². The standard InChI is InChI=1S/C31H33N5O4S/c1-40-28-20-24(22-6-2-7-22)11-14-27(28)35-16-5-17-36(19-18-35)31(37)26-13-12-25(21-33-26)34-41(38,39)29-10-3-8-23-9-4-15-32-30(23)29/h3-4,8-15,20-22,34H,2,5-7,16-19H2,1H3. The summed E-state index contributed by atoms with van der Waals surface area (Å²) in [7, 11) is -2.19. The molecule has 4 aromatic rings. The Morgan fingerprint density at radius 3 is 2.56 bits per heavy atom. The fourth-order valence-corrected chi connectivity index (χ4v) is 6.78. The van der Waals surface area contributed by atoms with Crippen LogP contribution in [0.5, 0.6) is 5.75 Å². The van der Waals surface area contributed by atoms with Gasteiger partial charge in [0.2, 0.25) is 0 Å². The zero-order valence-corrected chi connectivity index (χ0v) is 23.8. The molecule has 0 spiro atoms. The van der Waals surface area contributed by atoms with Crippen LogP contribution in [0.2, 0.25) is 0 Å². The minimum Gasteiger partial charge on any atom is -0.495 e. The van der Waals surface area contributed by atoms with Crippen molar-refractivity contribution in [3.8, 4) is 5.75 Å². The summed E-state index contributed by atoms with van der Waals surface area (Å²) in [5.74, 6) is 1.35. The molecule has 2 aromatic carbocycles. The summed E-state index contributed by atoms with van der Waals surface area (Å²) in [6.07, 6.45) is 7.53. The van der Waals surface area contributed by atoms with Crippen LogP contribution in [0.3, 0.4) is 0 Å². The van der Waals surface area contributed by atoms with Gasteiger partial charge in [-0.2, -0.15) is 0 Å². The van der Waals surface area contributed by atoms with Gasteiger partial charge in [0.15, 0.2) is 0 Å². The average Bonchev–Trinajstić information content (AvgIpc) is 3.22. The van der Waals surface area contributed by atoms with E-state index in [1.165, 1.54) is 37.1 Å². The van der Waals surface area contributed by atoms with Crippen molar-refractivity contribution in [3.05, 3.63) is 84.3 Å². The number of carbonyl (C=O) groups excluding carboxylic acids is 1. The van der Waals surface area contributed by atoms with Gasteiger partial charge in [0.05, 0.1) is 30.2 Å². The summed E-state index contributed by atoms with van der Waals surface area (Å²) >= 11 is 0. The van der Waals surface area contributed by atoms with Crippen LogP contribution in [0.25, 0.3) is 10.9 Å². The lowest BCUT2D eigenvalue weighted by Gasteiger charge is -2.29. The number of amides is 1. The molecule has 1 amide bonds. The molecule has 41 heavy (non-hydrogen) atoms. The second-order valence-corrected chi connectivity index (χ2v) is 12.2. The number of para-hydroxylation sites is 1. The Morgan fingerprint density at radius 1 is 0.951 bits per heavy atom. The number of hydrogen-bond donors (Lipinski definition) is 1. The zero-order chi connectivity index (χ0) is 28.4. The van der Waals surface area contributed by atoms with E-state index in [1.54, 1.807) is 37.6 Å². The van der Waals surface area contributed by atoms with E-state index >= 15 is 0 Å². The lowest BCUT2D eigenvalue weighted by molar-refractivity contribution is 0.0761. The molecule has 2 aromatic heterocycles. The highest BCUT2D eigenvalue weighted by atomic mass is 32.2. The van der Waals surface area contributed by atoms with Gasteiger partial charge in [0.25, 0.3) is 15.9 Å². The first-order valence-corrected chi connectivity index (χ1v) is 15.5. The molecular formula is C31H33N5O4S. The number of ether oxygens (including phenoxy) is 1. The van der Waals surface area contributed by atoms with Crippen molar-refractivity contribution in [1.29, 1.82) is 0 Å². The summed E-state index contributed by atoms with van der Waals surface area (Å²) < 4.78 is 34.5. The van der Waals surface area contributed by atoms with Crippen molar-refractivity contribution in [2.75, 3.05) is 42.9 Å². The van der Waals surface area contributed by atoms with E-state index in [1.807, 2.05) is 17.0 Å². The number of sulfonamides is 1. The molecule has 212 valence electrons.